The van der Waals surface area contributed by atoms with Gasteiger partial charge in [-0.05, 0) is 32.2 Å². The van der Waals surface area contributed by atoms with Crippen molar-refractivity contribution in [2.45, 2.75) is 19.8 Å². The van der Waals surface area contributed by atoms with Gasteiger partial charge in [0.2, 0.25) is 5.91 Å². The van der Waals surface area contributed by atoms with Crippen LogP contribution >= 0.6 is 11.8 Å². The highest BCUT2D eigenvalue weighted by Crippen LogP contribution is 2.00. The fourth-order valence-corrected chi connectivity index (χ4v) is 1.57. The van der Waals surface area contributed by atoms with Crippen LogP contribution in [0, 0.1) is 0 Å². The molecule has 0 bridgehead atoms. The molecule has 0 radical (unpaired) electrons. The lowest BCUT2D eigenvalue weighted by molar-refractivity contribution is -0.118. The molecule has 0 aromatic carbocycles. The van der Waals surface area contributed by atoms with E-state index in [9.17, 15) is 4.79 Å². The van der Waals surface area contributed by atoms with Crippen LogP contribution in [-0.2, 0) is 4.79 Å². The third-order valence-electron chi connectivity index (χ3n) is 1.51. The minimum absolute atomic E-state index is 0.162. The van der Waals surface area contributed by atoms with Crippen LogP contribution in [0.2, 0.25) is 0 Å². The van der Waals surface area contributed by atoms with Crippen molar-refractivity contribution in [1.82, 2.24) is 10.6 Å². The Labute approximate surface area is 85.0 Å². The van der Waals surface area contributed by atoms with Crippen molar-refractivity contribution >= 4 is 17.7 Å². The van der Waals surface area contributed by atoms with Crippen LogP contribution in [0.3, 0.4) is 0 Å². The highest BCUT2D eigenvalue weighted by atomic mass is 32.2. The van der Waals surface area contributed by atoms with Crippen LogP contribution in [-0.4, -0.2) is 37.6 Å². The number of thioether (sulfide) groups is 1. The maximum Gasteiger partial charge on any atom is 0.229 e. The first-order valence-electron chi connectivity index (χ1n) is 4.80. The second-order valence-electron chi connectivity index (χ2n) is 2.86. The van der Waals surface area contributed by atoms with Gasteiger partial charge in [0.25, 0.3) is 0 Å². The molecule has 3 nitrogen and oxygen atoms in total. The summed E-state index contributed by atoms with van der Waals surface area (Å²) in [4.78, 5) is 11.1. The number of hydrogen-bond donors (Lipinski definition) is 2. The Kier molecular flexibility index (Phi) is 9.70. The van der Waals surface area contributed by atoms with Crippen LogP contribution in [0.5, 0.6) is 0 Å². The minimum Gasteiger partial charge on any atom is -0.355 e. The summed E-state index contributed by atoms with van der Waals surface area (Å²) in [6, 6.07) is 0. The van der Waals surface area contributed by atoms with Crippen molar-refractivity contribution in [1.29, 1.82) is 0 Å². The Morgan fingerprint density at radius 1 is 1.38 bits per heavy atom. The molecule has 0 atom stereocenters. The van der Waals surface area contributed by atoms with E-state index in [1.807, 2.05) is 7.05 Å². The second kappa shape index (κ2) is 9.86. The van der Waals surface area contributed by atoms with E-state index in [-0.39, 0.29) is 5.91 Å². The molecule has 4 heteroatoms. The molecule has 0 aliphatic heterocycles. The summed E-state index contributed by atoms with van der Waals surface area (Å²) in [7, 11) is 1.92. The molecule has 0 aromatic heterocycles. The molecular formula is C9H20N2OS. The summed E-state index contributed by atoms with van der Waals surface area (Å²) < 4.78 is 0. The maximum absolute atomic E-state index is 11.1. The Morgan fingerprint density at radius 3 is 2.77 bits per heavy atom. The standard InChI is InChI=1S/C9H20N2OS/c1-3-7-13-8-9(12)11-6-4-5-10-2/h10H,3-8H2,1-2H3,(H,11,12). The molecule has 0 aliphatic rings. The number of carbonyl (C=O) groups excluding carboxylic acids is 1. The summed E-state index contributed by atoms with van der Waals surface area (Å²) >= 11 is 1.70. The van der Waals surface area contributed by atoms with E-state index in [0.717, 1.165) is 31.7 Å². The molecular weight excluding hydrogens is 184 g/mol. The molecule has 0 saturated heterocycles. The Bertz CT molecular complexity index is 131. The van der Waals surface area contributed by atoms with Gasteiger partial charge in [-0.2, -0.15) is 11.8 Å². The van der Waals surface area contributed by atoms with E-state index < -0.39 is 0 Å². The van der Waals surface area contributed by atoms with Gasteiger partial charge in [0, 0.05) is 6.54 Å². The van der Waals surface area contributed by atoms with Gasteiger partial charge in [-0.25, -0.2) is 0 Å². The van der Waals surface area contributed by atoms with E-state index in [0.29, 0.717) is 5.75 Å². The van der Waals surface area contributed by atoms with E-state index in [4.69, 9.17) is 0 Å². The molecule has 0 heterocycles. The van der Waals surface area contributed by atoms with Crippen LogP contribution in [0.15, 0.2) is 0 Å². The summed E-state index contributed by atoms with van der Waals surface area (Å²) in [5.74, 6) is 1.84. The van der Waals surface area contributed by atoms with Crippen molar-refractivity contribution in [2.24, 2.45) is 0 Å². The average molecular weight is 204 g/mol. The number of nitrogens with one attached hydrogen (secondary N) is 2. The molecule has 0 rings (SSSR count). The van der Waals surface area contributed by atoms with E-state index in [1.54, 1.807) is 11.8 Å². The largest absolute Gasteiger partial charge is 0.355 e. The molecule has 0 fully saturated rings. The van der Waals surface area contributed by atoms with Gasteiger partial charge in [0.15, 0.2) is 0 Å². The SMILES string of the molecule is CCCSCC(=O)NCCCNC. The fraction of sp³-hybridized carbons (Fsp3) is 0.889. The van der Waals surface area contributed by atoms with Crippen LogP contribution in [0.25, 0.3) is 0 Å². The van der Waals surface area contributed by atoms with Crippen LogP contribution < -0.4 is 10.6 Å². The van der Waals surface area contributed by atoms with Crippen molar-refractivity contribution in [3.8, 4) is 0 Å². The number of amides is 1. The topological polar surface area (TPSA) is 41.1 Å². The van der Waals surface area contributed by atoms with E-state index in [2.05, 4.69) is 17.6 Å². The summed E-state index contributed by atoms with van der Waals surface area (Å²) in [6.07, 6.45) is 2.14. The third kappa shape index (κ3) is 9.70. The molecule has 1 amide bonds. The lowest BCUT2D eigenvalue weighted by Crippen LogP contribution is -2.28. The lowest BCUT2D eigenvalue weighted by atomic mass is 10.4. The molecule has 2 N–H and O–H groups in total. The number of rotatable bonds is 8. The first-order chi connectivity index (χ1) is 6.31. The van der Waals surface area contributed by atoms with Gasteiger partial charge >= 0.3 is 0 Å². The lowest BCUT2D eigenvalue weighted by Gasteiger charge is -2.03. The Hall–Kier alpha value is -0.220. The van der Waals surface area contributed by atoms with Crippen LogP contribution in [0.4, 0.5) is 0 Å². The van der Waals surface area contributed by atoms with Gasteiger partial charge in [-0.15, -0.1) is 0 Å². The van der Waals surface area contributed by atoms with Gasteiger partial charge in [-0.1, -0.05) is 6.92 Å². The van der Waals surface area contributed by atoms with Gasteiger partial charge in [0.05, 0.1) is 5.75 Å². The van der Waals surface area contributed by atoms with Crippen LogP contribution in [0.1, 0.15) is 19.8 Å². The predicted molar refractivity (Wildman–Crippen MR) is 59.2 cm³/mol. The molecule has 0 aromatic rings. The zero-order valence-electron chi connectivity index (χ0n) is 8.56. The second-order valence-corrected chi connectivity index (χ2v) is 3.96. The first-order valence-corrected chi connectivity index (χ1v) is 5.95. The van der Waals surface area contributed by atoms with Crippen molar-refractivity contribution in [3.05, 3.63) is 0 Å². The maximum atomic E-state index is 11.1. The highest BCUT2D eigenvalue weighted by Gasteiger charge is 1.98. The van der Waals surface area contributed by atoms with Gasteiger partial charge in [0.1, 0.15) is 0 Å². The summed E-state index contributed by atoms with van der Waals surface area (Å²) in [5, 5.41) is 5.91. The first kappa shape index (κ1) is 12.8. The van der Waals surface area contributed by atoms with E-state index >= 15 is 0 Å². The minimum atomic E-state index is 0.162. The van der Waals surface area contributed by atoms with Gasteiger partial charge < -0.3 is 10.6 Å². The number of carbonyl (C=O) groups is 1. The van der Waals surface area contributed by atoms with E-state index in [1.165, 1.54) is 0 Å². The predicted octanol–water partition coefficient (Wildman–Crippen LogP) is 0.855. The third-order valence-corrected chi connectivity index (χ3v) is 2.67. The molecule has 0 unspecified atom stereocenters. The fourth-order valence-electron chi connectivity index (χ4n) is 0.853. The normalized spacial score (nSPS) is 10.0. The zero-order chi connectivity index (χ0) is 9.94. The average Bonchev–Trinajstić information content (AvgIpc) is 2.13. The zero-order valence-corrected chi connectivity index (χ0v) is 9.38. The Balaban J connectivity index is 3.11. The van der Waals surface area contributed by atoms with Crippen molar-refractivity contribution < 1.29 is 4.79 Å². The molecule has 0 aliphatic carbocycles. The Morgan fingerprint density at radius 2 is 2.15 bits per heavy atom. The molecule has 0 spiro atoms. The summed E-state index contributed by atoms with van der Waals surface area (Å²) in [5.41, 5.74) is 0. The van der Waals surface area contributed by atoms with Gasteiger partial charge in [-0.3, -0.25) is 4.79 Å². The smallest absolute Gasteiger partial charge is 0.229 e. The molecule has 13 heavy (non-hydrogen) atoms. The number of hydrogen-bond acceptors (Lipinski definition) is 3. The summed E-state index contributed by atoms with van der Waals surface area (Å²) in [6.45, 7) is 3.87. The molecule has 0 saturated carbocycles. The molecule has 78 valence electrons. The highest BCUT2D eigenvalue weighted by molar-refractivity contribution is 7.99. The van der Waals surface area contributed by atoms with Crippen molar-refractivity contribution in [2.75, 3.05) is 31.6 Å². The van der Waals surface area contributed by atoms with Crippen molar-refractivity contribution in [3.63, 3.8) is 0 Å². The quantitative estimate of drug-likeness (QED) is 0.576. The monoisotopic (exact) mass is 204 g/mol.